The van der Waals surface area contributed by atoms with Gasteiger partial charge in [0.25, 0.3) is 0 Å². The SMILES string of the molecule is CC(C)(C)c1cc(-c2nccc3c(F)[c]([Ge]([CH3])([CH3])[c]4ccccc4)sc23)cc2ccccc12. The van der Waals surface area contributed by atoms with Crippen molar-refractivity contribution >= 4 is 53.6 Å². The van der Waals surface area contributed by atoms with Crippen LogP contribution in [-0.2, 0) is 5.41 Å². The monoisotopic (exact) mass is 515 g/mol. The molecule has 33 heavy (non-hydrogen) atoms. The van der Waals surface area contributed by atoms with Crippen LogP contribution >= 0.6 is 11.3 Å². The molecule has 3 aromatic carbocycles. The molecule has 2 heterocycles. The second-order valence-electron chi connectivity index (χ2n) is 10.3. The molecule has 0 saturated heterocycles. The molecule has 0 spiro atoms. The average Bonchev–Trinajstić information content (AvgIpc) is 3.16. The van der Waals surface area contributed by atoms with Crippen LogP contribution in [0.4, 0.5) is 4.39 Å². The van der Waals surface area contributed by atoms with Gasteiger partial charge in [-0.15, -0.1) is 0 Å². The van der Waals surface area contributed by atoms with Gasteiger partial charge in [0.1, 0.15) is 0 Å². The number of aromatic nitrogens is 1. The van der Waals surface area contributed by atoms with Crippen LogP contribution in [0.25, 0.3) is 32.1 Å². The third-order valence-corrected chi connectivity index (χ3v) is 17.4. The maximum atomic E-state index is 15.9. The van der Waals surface area contributed by atoms with Gasteiger partial charge in [-0.2, -0.15) is 0 Å². The Hall–Kier alpha value is -2.50. The van der Waals surface area contributed by atoms with Gasteiger partial charge in [-0.1, -0.05) is 0 Å². The van der Waals surface area contributed by atoms with Crippen molar-refractivity contribution < 1.29 is 4.39 Å². The van der Waals surface area contributed by atoms with Crippen LogP contribution in [0.2, 0.25) is 11.5 Å². The van der Waals surface area contributed by atoms with E-state index in [0.29, 0.717) is 5.39 Å². The maximum absolute atomic E-state index is 15.9. The van der Waals surface area contributed by atoms with Crippen LogP contribution in [0.15, 0.2) is 79.0 Å². The molecule has 0 unspecified atom stereocenters. The number of rotatable bonds is 3. The average molecular weight is 514 g/mol. The molecule has 0 aliphatic heterocycles. The second kappa shape index (κ2) is 8.07. The summed E-state index contributed by atoms with van der Waals surface area (Å²) in [5.41, 5.74) is 3.21. The fourth-order valence-corrected chi connectivity index (χ4v) is 12.8. The Morgan fingerprint density at radius 2 is 1.55 bits per heavy atom. The zero-order valence-corrected chi connectivity index (χ0v) is 22.7. The topological polar surface area (TPSA) is 12.9 Å². The van der Waals surface area contributed by atoms with Gasteiger partial charge < -0.3 is 0 Å². The van der Waals surface area contributed by atoms with E-state index in [1.54, 1.807) is 17.5 Å². The zero-order chi connectivity index (χ0) is 23.4. The molecule has 0 aliphatic carbocycles. The number of nitrogens with zero attached hydrogens (tertiary/aromatic N) is 1. The second-order valence-corrected chi connectivity index (χ2v) is 21.1. The van der Waals surface area contributed by atoms with Gasteiger partial charge >= 0.3 is 202 Å². The van der Waals surface area contributed by atoms with Crippen molar-refractivity contribution in [3.63, 3.8) is 0 Å². The van der Waals surface area contributed by atoms with Crippen molar-refractivity contribution in [3.05, 3.63) is 90.4 Å². The molecule has 5 rings (SSSR count). The first kappa shape index (κ1) is 22.3. The minimum absolute atomic E-state index is 0.0139. The summed E-state index contributed by atoms with van der Waals surface area (Å²) in [4.78, 5) is 4.78. The van der Waals surface area contributed by atoms with Gasteiger partial charge in [-0.25, -0.2) is 0 Å². The molecular weight excluding hydrogens is 486 g/mol. The van der Waals surface area contributed by atoms with Crippen molar-refractivity contribution in [3.8, 4) is 11.3 Å². The van der Waals surface area contributed by atoms with Gasteiger partial charge in [-0.05, 0) is 0 Å². The molecule has 2 aromatic heterocycles. The summed E-state index contributed by atoms with van der Waals surface area (Å²) in [6, 6.07) is 25.3. The number of halogens is 1. The number of hydrogen-bond acceptors (Lipinski definition) is 2. The molecule has 0 amide bonds. The Labute approximate surface area is 201 Å². The van der Waals surface area contributed by atoms with Crippen LogP contribution in [0.1, 0.15) is 26.3 Å². The van der Waals surface area contributed by atoms with Gasteiger partial charge in [-0.3, -0.25) is 0 Å². The molecule has 0 N–H and O–H groups in total. The Morgan fingerprint density at radius 3 is 2.27 bits per heavy atom. The predicted octanol–water partition coefficient (Wildman–Crippen LogP) is 7.38. The molecule has 4 heteroatoms. The molecule has 0 saturated carbocycles. The summed E-state index contributed by atoms with van der Waals surface area (Å²) in [5, 5.41) is 3.15. The van der Waals surface area contributed by atoms with Crippen LogP contribution < -0.4 is 8.11 Å². The Kier molecular flexibility index (Phi) is 5.45. The van der Waals surface area contributed by atoms with Gasteiger partial charge in [0.2, 0.25) is 0 Å². The molecular formula is C29H28FGeNS. The van der Waals surface area contributed by atoms with Crippen molar-refractivity contribution in [2.45, 2.75) is 37.7 Å². The van der Waals surface area contributed by atoms with Crippen molar-refractivity contribution in [2.75, 3.05) is 0 Å². The molecule has 0 atom stereocenters. The first-order chi connectivity index (χ1) is 15.7. The molecule has 166 valence electrons. The van der Waals surface area contributed by atoms with Gasteiger partial charge in [0.05, 0.1) is 0 Å². The fraction of sp³-hybridized carbons (Fsp3) is 0.207. The van der Waals surface area contributed by atoms with Gasteiger partial charge in [0.15, 0.2) is 0 Å². The number of fused-ring (bicyclic) bond motifs is 2. The Morgan fingerprint density at radius 1 is 0.848 bits per heavy atom. The molecule has 0 bridgehead atoms. The van der Waals surface area contributed by atoms with E-state index in [9.17, 15) is 0 Å². The Balaban J connectivity index is 1.76. The first-order valence-electron chi connectivity index (χ1n) is 11.3. The normalized spacial score (nSPS) is 12.5. The summed E-state index contributed by atoms with van der Waals surface area (Å²) in [7, 11) is 0. The van der Waals surface area contributed by atoms with E-state index in [2.05, 4.69) is 92.9 Å². The van der Waals surface area contributed by atoms with E-state index in [4.69, 9.17) is 4.98 Å². The number of pyridine rings is 1. The third kappa shape index (κ3) is 3.81. The summed E-state index contributed by atoms with van der Waals surface area (Å²) < 4.78 is 19.0. The van der Waals surface area contributed by atoms with E-state index in [1.807, 2.05) is 12.1 Å². The van der Waals surface area contributed by atoms with Crippen LogP contribution in [0.3, 0.4) is 0 Å². The number of benzene rings is 3. The van der Waals surface area contributed by atoms with Crippen LogP contribution in [0, 0.1) is 5.82 Å². The van der Waals surface area contributed by atoms with Crippen molar-refractivity contribution in [1.82, 2.24) is 4.98 Å². The van der Waals surface area contributed by atoms with E-state index >= 15 is 4.39 Å². The molecule has 0 radical (unpaired) electrons. The number of hydrogen-bond donors (Lipinski definition) is 0. The fourth-order valence-electron chi connectivity index (χ4n) is 4.65. The van der Waals surface area contributed by atoms with E-state index in [1.165, 1.54) is 20.7 Å². The molecule has 0 fully saturated rings. The minimum atomic E-state index is -2.78. The van der Waals surface area contributed by atoms with E-state index in [0.717, 1.165) is 19.7 Å². The summed E-state index contributed by atoms with van der Waals surface area (Å²) in [6.07, 6.45) is 1.76. The molecule has 1 nitrogen and oxygen atoms in total. The third-order valence-electron chi connectivity index (χ3n) is 6.55. The van der Waals surface area contributed by atoms with Gasteiger partial charge in [0, 0.05) is 0 Å². The Bertz CT molecular complexity index is 1480. The quantitative estimate of drug-likeness (QED) is 0.229. The zero-order valence-electron chi connectivity index (χ0n) is 19.7. The van der Waals surface area contributed by atoms with Crippen molar-refractivity contribution in [2.24, 2.45) is 0 Å². The van der Waals surface area contributed by atoms with Crippen LogP contribution in [0.5, 0.6) is 0 Å². The van der Waals surface area contributed by atoms with E-state index in [-0.39, 0.29) is 11.2 Å². The van der Waals surface area contributed by atoms with Crippen LogP contribution in [-0.4, -0.2) is 18.3 Å². The first-order valence-corrected chi connectivity index (χ1v) is 18.5. The summed E-state index contributed by atoms with van der Waals surface area (Å²) in [5.74, 6) is 4.51. The molecule has 5 aromatic rings. The predicted molar refractivity (Wildman–Crippen MR) is 144 cm³/mol. The summed E-state index contributed by atoms with van der Waals surface area (Å²) >= 11 is -1.17. The standard InChI is InChI=1S/C29H28FGeNS/c1-29(2,3)24-18-20(17-19-11-9-10-14-22(19)24)26-27-23(15-16-32-26)25(30)28(33-27)31(4,5)21-12-7-6-8-13-21/h6-18H,1-5H3. The van der Waals surface area contributed by atoms with E-state index < -0.39 is 13.3 Å². The summed E-state index contributed by atoms with van der Waals surface area (Å²) in [6.45, 7) is 6.72. The van der Waals surface area contributed by atoms with Crippen molar-refractivity contribution in [1.29, 1.82) is 0 Å². The number of thiophene rings is 1. The molecule has 0 aliphatic rings.